The quantitative estimate of drug-likeness (QED) is 0.735. The van der Waals surface area contributed by atoms with Gasteiger partial charge in [-0.15, -0.1) is 0 Å². The molecule has 0 aliphatic carbocycles. The molecule has 1 saturated heterocycles. The van der Waals surface area contributed by atoms with Crippen molar-refractivity contribution < 1.29 is 0 Å². The van der Waals surface area contributed by atoms with E-state index in [1.54, 1.807) is 0 Å². The summed E-state index contributed by atoms with van der Waals surface area (Å²) in [6.45, 7) is 11.4. The van der Waals surface area contributed by atoms with Crippen LogP contribution in [0, 0.1) is 0 Å². The van der Waals surface area contributed by atoms with Crippen LogP contribution in [0.3, 0.4) is 0 Å². The maximum absolute atomic E-state index is 4.92. The molecule has 2 aromatic carbocycles. The lowest BCUT2D eigenvalue weighted by atomic mass is 10.1. The number of hydrogen-bond acceptors (Lipinski definition) is 2. The van der Waals surface area contributed by atoms with E-state index in [1.807, 2.05) is 0 Å². The molecule has 4 rings (SSSR count). The molecule has 2 aliphatic heterocycles. The van der Waals surface area contributed by atoms with E-state index in [0.717, 1.165) is 10.6 Å². The van der Waals surface area contributed by atoms with E-state index >= 15 is 0 Å². The highest BCUT2D eigenvalue weighted by Crippen LogP contribution is 2.25. The minimum atomic E-state index is -1.72. The van der Waals surface area contributed by atoms with Crippen LogP contribution in [0.25, 0.3) is 6.58 Å². The number of anilines is 1. The van der Waals surface area contributed by atoms with Gasteiger partial charge in [0.2, 0.25) is 0 Å². The average molecular weight is 321 g/mol. The van der Waals surface area contributed by atoms with Crippen LogP contribution in [0.5, 0.6) is 0 Å². The number of rotatable bonds is 1. The van der Waals surface area contributed by atoms with Gasteiger partial charge >= 0.3 is 0 Å². The molecular formula is C20H24N2Si. The van der Waals surface area contributed by atoms with E-state index in [1.165, 1.54) is 54.1 Å². The van der Waals surface area contributed by atoms with Crippen LogP contribution in [0.1, 0.15) is 19.3 Å². The van der Waals surface area contributed by atoms with E-state index < -0.39 is 8.07 Å². The third-order valence-corrected chi connectivity index (χ3v) is 8.84. The van der Waals surface area contributed by atoms with Crippen LogP contribution in [-0.4, -0.2) is 21.2 Å². The van der Waals surface area contributed by atoms with Gasteiger partial charge in [-0.2, -0.15) is 0 Å². The van der Waals surface area contributed by atoms with Crippen molar-refractivity contribution in [1.29, 1.82) is 0 Å². The first-order valence-corrected chi connectivity index (χ1v) is 11.6. The molecule has 0 atom stereocenters. The molecule has 0 bridgehead atoms. The van der Waals surface area contributed by atoms with Crippen LogP contribution in [0.2, 0.25) is 13.1 Å². The zero-order chi connectivity index (χ0) is 16.0. The second kappa shape index (κ2) is 5.34. The SMILES string of the molecule is C=c1ccc2c(c1)[Si](C)(C)c1cc(N3CCCCC3)ccc1N=2. The summed E-state index contributed by atoms with van der Waals surface area (Å²) < 4.78 is 0. The minimum absolute atomic E-state index is 1.09. The molecule has 0 aromatic heterocycles. The maximum Gasteiger partial charge on any atom is 0.117 e. The van der Waals surface area contributed by atoms with Gasteiger partial charge in [0, 0.05) is 18.8 Å². The first kappa shape index (κ1) is 14.7. The highest BCUT2D eigenvalue weighted by atomic mass is 28.3. The summed E-state index contributed by atoms with van der Waals surface area (Å²) >= 11 is 0. The third-order valence-electron chi connectivity index (χ3n) is 5.35. The monoisotopic (exact) mass is 320 g/mol. The molecule has 0 saturated carbocycles. The predicted molar refractivity (Wildman–Crippen MR) is 102 cm³/mol. The van der Waals surface area contributed by atoms with E-state index in [2.05, 4.69) is 61.0 Å². The van der Waals surface area contributed by atoms with Crippen molar-refractivity contribution in [2.75, 3.05) is 18.0 Å². The van der Waals surface area contributed by atoms with Gasteiger partial charge in [0.25, 0.3) is 0 Å². The molecule has 2 nitrogen and oxygen atoms in total. The Morgan fingerprint density at radius 3 is 2.52 bits per heavy atom. The molecule has 0 spiro atoms. The number of benzene rings is 2. The molecule has 0 amide bonds. The fourth-order valence-corrected chi connectivity index (χ4v) is 6.83. The van der Waals surface area contributed by atoms with E-state index in [-0.39, 0.29) is 0 Å². The fraction of sp³-hybridized carbons (Fsp3) is 0.350. The molecule has 2 heterocycles. The van der Waals surface area contributed by atoms with E-state index in [4.69, 9.17) is 4.99 Å². The largest absolute Gasteiger partial charge is 0.372 e. The van der Waals surface area contributed by atoms with Gasteiger partial charge in [-0.25, -0.2) is 4.99 Å². The highest BCUT2D eigenvalue weighted by Gasteiger charge is 2.33. The molecule has 2 aliphatic rings. The van der Waals surface area contributed by atoms with Crippen LogP contribution < -0.4 is 25.8 Å². The van der Waals surface area contributed by atoms with Crippen molar-refractivity contribution in [3.8, 4) is 0 Å². The number of piperidine rings is 1. The van der Waals surface area contributed by atoms with Crippen LogP contribution in [0.15, 0.2) is 41.4 Å². The Morgan fingerprint density at radius 1 is 0.957 bits per heavy atom. The predicted octanol–water partition coefficient (Wildman–Crippen LogP) is 2.17. The van der Waals surface area contributed by atoms with Crippen LogP contribution in [0.4, 0.5) is 11.4 Å². The molecule has 118 valence electrons. The third kappa shape index (κ3) is 2.43. The van der Waals surface area contributed by atoms with Gasteiger partial charge in [0.1, 0.15) is 8.07 Å². The second-order valence-electron chi connectivity index (χ2n) is 7.34. The van der Waals surface area contributed by atoms with Gasteiger partial charge in [-0.3, -0.25) is 0 Å². The maximum atomic E-state index is 4.92. The van der Waals surface area contributed by atoms with Gasteiger partial charge in [0.05, 0.1) is 11.0 Å². The molecule has 3 heteroatoms. The molecule has 0 unspecified atom stereocenters. The topological polar surface area (TPSA) is 15.6 Å². The zero-order valence-electron chi connectivity index (χ0n) is 14.1. The van der Waals surface area contributed by atoms with Crippen LogP contribution in [-0.2, 0) is 0 Å². The van der Waals surface area contributed by atoms with Gasteiger partial charge in [-0.1, -0.05) is 31.8 Å². The summed E-state index contributed by atoms with van der Waals surface area (Å²) in [5.74, 6) is 0. The number of nitrogens with zero attached hydrogens (tertiary/aromatic N) is 2. The van der Waals surface area contributed by atoms with Gasteiger partial charge in [0.15, 0.2) is 0 Å². The smallest absolute Gasteiger partial charge is 0.117 e. The molecule has 0 N–H and O–H groups in total. The molecular weight excluding hydrogens is 296 g/mol. The number of fused-ring (bicyclic) bond motifs is 2. The Labute approximate surface area is 139 Å². The highest BCUT2D eigenvalue weighted by molar-refractivity contribution is 7.01. The van der Waals surface area contributed by atoms with E-state index in [9.17, 15) is 0 Å². The molecule has 0 radical (unpaired) electrons. The fourth-order valence-electron chi connectivity index (χ4n) is 3.93. The van der Waals surface area contributed by atoms with Gasteiger partial charge < -0.3 is 4.90 Å². The summed E-state index contributed by atoms with van der Waals surface area (Å²) in [5.41, 5.74) is 2.56. The average Bonchev–Trinajstić information content (AvgIpc) is 2.56. The minimum Gasteiger partial charge on any atom is -0.372 e. The first-order valence-electron chi connectivity index (χ1n) is 8.63. The summed E-state index contributed by atoms with van der Waals surface area (Å²) in [6, 6.07) is 13.4. The van der Waals surface area contributed by atoms with Gasteiger partial charge in [-0.05, 0) is 59.1 Å². The van der Waals surface area contributed by atoms with Crippen molar-refractivity contribution in [3.05, 3.63) is 47.0 Å². The summed E-state index contributed by atoms with van der Waals surface area (Å²) in [6.07, 6.45) is 4.00. The normalized spacial score (nSPS) is 18.8. The number of hydrogen-bond donors (Lipinski definition) is 0. The molecule has 23 heavy (non-hydrogen) atoms. The van der Waals surface area contributed by atoms with Crippen molar-refractivity contribution in [2.45, 2.75) is 32.4 Å². The standard InChI is InChI=1S/C20H24N2Si/c1-15-7-9-17-19(13-15)23(2,3)20-14-16(8-10-18(20)21-17)22-11-5-4-6-12-22/h7-10,13-14H,1,4-6,11-12H2,2-3H3. The van der Waals surface area contributed by atoms with Crippen LogP contribution >= 0.6 is 0 Å². The summed E-state index contributed by atoms with van der Waals surface area (Å²) in [5, 5.41) is 5.13. The van der Waals surface area contributed by atoms with Crippen molar-refractivity contribution in [2.24, 2.45) is 4.99 Å². The van der Waals surface area contributed by atoms with Crippen molar-refractivity contribution in [3.63, 3.8) is 0 Å². The lowest BCUT2D eigenvalue weighted by molar-refractivity contribution is 0.578. The summed E-state index contributed by atoms with van der Waals surface area (Å²) in [4.78, 5) is 7.46. The second-order valence-corrected chi connectivity index (χ2v) is 11.7. The Hall–Kier alpha value is -1.87. The lowest BCUT2D eigenvalue weighted by Crippen LogP contribution is -2.61. The molecule has 2 aromatic rings. The summed E-state index contributed by atoms with van der Waals surface area (Å²) in [7, 11) is -1.72. The van der Waals surface area contributed by atoms with Crippen molar-refractivity contribution >= 4 is 36.4 Å². The first-order chi connectivity index (χ1) is 11.1. The molecule has 1 fully saturated rings. The zero-order valence-corrected chi connectivity index (χ0v) is 15.1. The Bertz CT molecular complexity index is 864. The lowest BCUT2D eigenvalue weighted by Gasteiger charge is -2.33. The van der Waals surface area contributed by atoms with E-state index in [0.29, 0.717) is 0 Å². The Kier molecular flexibility index (Phi) is 3.41. The Morgan fingerprint density at radius 2 is 1.74 bits per heavy atom. The van der Waals surface area contributed by atoms with Crippen molar-refractivity contribution in [1.82, 2.24) is 0 Å². The Balaban J connectivity index is 1.86.